The summed E-state index contributed by atoms with van der Waals surface area (Å²) in [4.78, 5) is 19.4. The summed E-state index contributed by atoms with van der Waals surface area (Å²) >= 11 is 5.90. The molecule has 2 aromatic carbocycles. The summed E-state index contributed by atoms with van der Waals surface area (Å²) in [5.74, 6) is 1.13. The first-order valence-electron chi connectivity index (χ1n) is 9.75. The first-order valence-corrected chi connectivity index (χ1v) is 10.1. The number of likely N-dealkylation sites (tertiary alicyclic amines) is 1. The Morgan fingerprint density at radius 2 is 1.97 bits per heavy atom. The Balaban J connectivity index is 1.35. The lowest BCUT2D eigenvalue weighted by Gasteiger charge is -2.31. The summed E-state index contributed by atoms with van der Waals surface area (Å²) < 4.78 is 5.42. The lowest BCUT2D eigenvalue weighted by molar-refractivity contribution is -0.121. The van der Waals surface area contributed by atoms with Crippen LogP contribution in [0, 0.1) is 12.8 Å². The van der Waals surface area contributed by atoms with Crippen molar-refractivity contribution in [2.24, 2.45) is 5.92 Å². The Bertz CT molecular complexity index is 969. The highest BCUT2D eigenvalue weighted by molar-refractivity contribution is 6.30. The van der Waals surface area contributed by atoms with Crippen LogP contribution in [0.2, 0.25) is 5.02 Å². The second-order valence-electron chi connectivity index (χ2n) is 7.45. The normalized spacial score (nSPS) is 17.2. The SMILES string of the molecule is Cc1ccc(-c2nc(CN3CCC[C@H](C(=O)Nc4ccc(Cl)cc4)C3)no2)cc1. The van der Waals surface area contributed by atoms with Crippen LogP contribution < -0.4 is 5.32 Å². The van der Waals surface area contributed by atoms with Gasteiger partial charge >= 0.3 is 0 Å². The number of hydrogen-bond donors (Lipinski definition) is 1. The van der Waals surface area contributed by atoms with E-state index < -0.39 is 0 Å². The van der Waals surface area contributed by atoms with E-state index in [1.807, 2.05) is 43.3 Å². The van der Waals surface area contributed by atoms with Gasteiger partial charge in [0.25, 0.3) is 5.89 Å². The molecule has 0 radical (unpaired) electrons. The van der Waals surface area contributed by atoms with Crippen LogP contribution in [0.3, 0.4) is 0 Å². The fourth-order valence-electron chi connectivity index (χ4n) is 3.52. The Morgan fingerprint density at radius 3 is 2.72 bits per heavy atom. The van der Waals surface area contributed by atoms with Gasteiger partial charge in [-0.25, -0.2) is 0 Å². The lowest BCUT2D eigenvalue weighted by atomic mass is 9.97. The van der Waals surface area contributed by atoms with Gasteiger partial charge in [0.05, 0.1) is 12.5 Å². The minimum Gasteiger partial charge on any atom is -0.334 e. The molecule has 6 nitrogen and oxygen atoms in total. The zero-order chi connectivity index (χ0) is 20.2. The van der Waals surface area contributed by atoms with E-state index in [1.165, 1.54) is 5.56 Å². The number of piperidine rings is 1. The van der Waals surface area contributed by atoms with E-state index in [1.54, 1.807) is 12.1 Å². The van der Waals surface area contributed by atoms with Gasteiger partial charge in [-0.1, -0.05) is 34.5 Å². The first kappa shape index (κ1) is 19.6. The molecule has 2 heterocycles. The van der Waals surface area contributed by atoms with Crippen molar-refractivity contribution in [3.8, 4) is 11.5 Å². The summed E-state index contributed by atoms with van der Waals surface area (Å²) in [6.07, 6.45) is 1.83. The van der Waals surface area contributed by atoms with Crippen LogP contribution in [0.1, 0.15) is 24.2 Å². The second kappa shape index (κ2) is 8.76. The molecule has 3 aromatic rings. The predicted molar refractivity (Wildman–Crippen MR) is 113 cm³/mol. The predicted octanol–water partition coefficient (Wildman–Crippen LogP) is 4.55. The molecule has 1 aliphatic rings. The van der Waals surface area contributed by atoms with E-state index in [0.29, 0.717) is 29.8 Å². The highest BCUT2D eigenvalue weighted by Crippen LogP contribution is 2.22. The molecule has 1 amide bonds. The zero-order valence-electron chi connectivity index (χ0n) is 16.3. The molecule has 0 aliphatic carbocycles. The molecule has 1 N–H and O–H groups in total. The average molecular weight is 411 g/mol. The number of aryl methyl sites for hydroxylation is 1. The zero-order valence-corrected chi connectivity index (χ0v) is 17.0. The van der Waals surface area contributed by atoms with Crippen LogP contribution >= 0.6 is 11.6 Å². The third-order valence-corrected chi connectivity index (χ3v) is 5.37. The molecule has 4 rings (SSSR count). The maximum absolute atomic E-state index is 12.6. The number of amides is 1. The smallest absolute Gasteiger partial charge is 0.257 e. The van der Waals surface area contributed by atoms with Crippen molar-refractivity contribution in [2.45, 2.75) is 26.3 Å². The van der Waals surface area contributed by atoms with E-state index in [-0.39, 0.29) is 11.8 Å². The fraction of sp³-hybridized carbons (Fsp3) is 0.318. The number of benzene rings is 2. The highest BCUT2D eigenvalue weighted by atomic mass is 35.5. The molecule has 1 fully saturated rings. The van der Waals surface area contributed by atoms with Gasteiger partial charge in [0.1, 0.15) is 0 Å². The van der Waals surface area contributed by atoms with E-state index in [9.17, 15) is 4.79 Å². The Morgan fingerprint density at radius 1 is 1.21 bits per heavy atom. The molecule has 1 saturated heterocycles. The Hall–Kier alpha value is -2.70. The largest absolute Gasteiger partial charge is 0.334 e. The van der Waals surface area contributed by atoms with Gasteiger partial charge in [-0.3, -0.25) is 9.69 Å². The van der Waals surface area contributed by atoms with Crippen molar-refractivity contribution in [3.05, 3.63) is 64.9 Å². The molecule has 0 spiro atoms. The van der Waals surface area contributed by atoms with Crippen molar-refractivity contribution in [2.75, 3.05) is 18.4 Å². The number of aromatic nitrogens is 2. The van der Waals surface area contributed by atoms with Crippen molar-refractivity contribution in [1.29, 1.82) is 0 Å². The number of nitrogens with one attached hydrogen (secondary N) is 1. The Kier molecular flexibility index (Phi) is 5.92. The maximum Gasteiger partial charge on any atom is 0.257 e. The molecule has 7 heteroatoms. The summed E-state index contributed by atoms with van der Waals surface area (Å²) in [5, 5.41) is 7.74. The number of anilines is 1. The number of hydrogen-bond acceptors (Lipinski definition) is 5. The number of rotatable bonds is 5. The lowest BCUT2D eigenvalue weighted by Crippen LogP contribution is -2.40. The molecule has 0 unspecified atom stereocenters. The quantitative estimate of drug-likeness (QED) is 0.668. The van der Waals surface area contributed by atoms with Crippen LogP contribution in [-0.2, 0) is 11.3 Å². The minimum atomic E-state index is -0.0668. The molecule has 1 aliphatic heterocycles. The number of halogens is 1. The average Bonchev–Trinajstić information content (AvgIpc) is 3.19. The van der Waals surface area contributed by atoms with E-state index in [4.69, 9.17) is 16.1 Å². The molecule has 0 bridgehead atoms. The van der Waals surface area contributed by atoms with Gasteiger partial charge in [-0.15, -0.1) is 0 Å². The van der Waals surface area contributed by atoms with Gasteiger partial charge in [0, 0.05) is 22.8 Å². The third-order valence-electron chi connectivity index (χ3n) is 5.12. The topological polar surface area (TPSA) is 71.3 Å². The van der Waals surface area contributed by atoms with E-state index >= 15 is 0 Å². The molecular formula is C22H23ClN4O2. The molecule has 1 aromatic heterocycles. The Labute approximate surface area is 174 Å². The number of nitrogens with zero attached hydrogens (tertiary/aromatic N) is 3. The number of carbonyl (C=O) groups is 1. The van der Waals surface area contributed by atoms with Crippen LogP contribution in [0.15, 0.2) is 53.1 Å². The van der Waals surface area contributed by atoms with Crippen molar-refractivity contribution in [1.82, 2.24) is 15.0 Å². The van der Waals surface area contributed by atoms with Crippen molar-refractivity contribution >= 4 is 23.2 Å². The van der Waals surface area contributed by atoms with Gasteiger partial charge in [0.2, 0.25) is 5.91 Å². The molecule has 0 saturated carbocycles. The molecular weight excluding hydrogens is 388 g/mol. The van der Waals surface area contributed by atoms with Gasteiger partial charge in [-0.05, 0) is 62.7 Å². The monoisotopic (exact) mass is 410 g/mol. The maximum atomic E-state index is 12.6. The van der Waals surface area contributed by atoms with Crippen molar-refractivity contribution in [3.63, 3.8) is 0 Å². The first-order chi connectivity index (χ1) is 14.1. The summed E-state index contributed by atoms with van der Waals surface area (Å²) in [5.41, 5.74) is 2.86. The molecule has 29 heavy (non-hydrogen) atoms. The number of carbonyl (C=O) groups excluding carboxylic acids is 1. The summed E-state index contributed by atoms with van der Waals surface area (Å²) in [7, 11) is 0. The van der Waals surface area contributed by atoms with Crippen LogP contribution in [0.5, 0.6) is 0 Å². The summed E-state index contributed by atoms with van der Waals surface area (Å²) in [6, 6.07) is 15.2. The highest BCUT2D eigenvalue weighted by Gasteiger charge is 2.27. The fourth-order valence-corrected chi connectivity index (χ4v) is 3.65. The van der Waals surface area contributed by atoms with Crippen LogP contribution in [0.25, 0.3) is 11.5 Å². The third kappa shape index (κ3) is 5.02. The van der Waals surface area contributed by atoms with E-state index in [0.717, 1.165) is 30.6 Å². The standard InChI is InChI=1S/C22H23ClN4O2/c1-15-4-6-16(7-5-15)22-25-20(26-29-22)14-27-12-2-3-17(13-27)21(28)24-19-10-8-18(23)9-11-19/h4-11,17H,2-3,12-14H2,1H3,(H,24,28)/t17-/m0/s1. The molecule has 150 valence electrons. The van der Waals surface area contributed by atoms with Crippen LogP contribution in [-0.4, -0.2) is 34.0 Å². The van der Waals surface area contributed by atoms with Crippen LogP contribution in [0.4, 0.5) is 5.69 Å². The molecule has 1 atom stereocenters. The second-order valence-corrected chi connectivity index (χ2v) is 7.89. The van der Waals surface area contributed by atoms with Crippen molar-refractivity contribution < 1.29 is 9.32 Å². The summed E-state index contributed by atoms with van der Waals surface area (Å²) in [6.45, 7) is 4.20. The van der Waals surface area contributed by atoms with Gasteiger partial charge < -0.3 is 9.84 Å². The minimum absolute atomic E-state index is 0.0329. The van der Waals surface area contributed by atoms with Gasteiger partial charge in [-0.2, -0.15) is 4.98 Å². The van der Waals surface area contributed by atoms with Gasteiger partial charge in [0.15, 0.2) is 5.82 Å². The van der Waals surface area contributed by atoms with E-state index in [2.05, 4.69) is 20.4 Å².